The Hall–Kier alpha value is -1.36. The summed E-state index contributed by atoms with van der Waals surface area (Å²) in [7, 11) is 1.92. The third-order valence-electron chi connectivity index (χ3n) is 2.75. The van der Waals surface area contributed by atoms with E-state index in [2.05, 4.69) is 21.0 Å². The van der Waals surface area contributed by atoms with E-state index >= 15 is 0 Å². The van der Waals surface area contributed by atoms with E-state index in [1.165, 1.54) is 0 Å². The molecule has 90 valence electrons. The number of hydrogen-bond donors (Lipinski definition) is 0. The quantitative estimate of drug-likeness (QED) is 0.817. The second-order valence-electron chi connectivity index (χ2n) is 4.10. The smallest absolute Gasteiger partial charge is 0.161 e. The molecule has 0 aromatic carbocycles. The molecule has 0 saturated heterocycles. The lowest BCUT2D eigenvalue weighted by Gasteiger charge is -2.04. The molecule has 2 aromatic heterocycles. The van der Waals surface area contributed by atoms with Crippen LogP contribution in [0.1, 0.15) is 28.7 Å². The van der Waals surface area contributed by atoms with Gasteiger partial charge in [0.05, 0.1) is 22.4 Å². The molecule has 4 nitrogen and oxygen atoms in total. The monoisotopic (exact) mass is 295 g/mol. The molecule has 0 saturated carbocycles. The Morgan fingerprint density at radius 1 is 1.53 bits per heavy atom. The largest absolute Gasteiger partial charge is 0.348 e. The molecule has 0 fully saturated rings. The number of aromatic nitrogens is 3. The van der Waals surface area contributed by atoms with Crippen LogP contribution < -0.4 is 0 Å². The summed E-state index contributed by atoms with van der Waals surface area (Å²) in [4.78, 5) is 11.2. The van der Waals surface area contributed by atoms with E-state index in [0.717, 1.165) is 21.4 Å². The van der Waals surface area contributed by atoms with Gasteiger partial charge in [0.25, 0.3) is 0 Å². The molecule has 0 N–H and O–H groups in total. The highest BCUT2D eigenvalue weighted by Gasteiger charge is 2.11. The van der Waals surface area contributed by atoms with E-state index in [9.17, 15) is 4.79 Å². The van der Waals surface area contributed by atoms with Gasteiger partial charge in [0.1, 0.15) is 0 Å². The molecule has 0 radical (unpaired) electrons. The maximum atomic E-state index is 11.2. The second-order valence-corrected chi connectivity index (χ2v) is 4.89. The standard InChI is InChI=1S/C12H14BrN3O/c1-8-12(13)11(15(3)14-8)7-16-5-4-10(6-16)9(2)17/h4-6H,7H2,1-3H3. The summed E-state index contributed by atoms with van der Waals surface area (Å²) in [6, 6.07) is 1.83. The van der Waals surface area contributed by atoms with Gasteiger partial charge < -0.3 is 4.57 Å². The maximum absolute atomic E-state index is 11.2. The minimum Gasteiger partial charge on any atom is -0.348 e. The minimum atomic E-state index is 0.0870. The summed E-state index contributed by atoms with van der Waals surface area (Å²) in [5, 5.41) is 4.34. The Bertz CT molecular complexity index is 568. The van der Waals surface area contributed by atoms with Gasteiger partial charge in [-0.2, -0.15) is 5.10 Å². The molecule has 17 heavy (non-hydrogen) atoms. The van der Waals surface area contributed by atoms with Crippen molar-refractivity contribution in [2.45, 2.75) is 20.4 Å². The van der Waals surface area contributed by atoms with Gasteiger partial charge in [-0.3, -0.25) is 9.48 Å². The Kier molecular flexibility index (Phi) is 3.19. The lowest BCUT2D eigenvalue weighted by Crippen LogP contribution is -2.04. The number of nitrogens with zero attached hydrogens (tertiary/aromatic N) is 3. The van der Waals surface area contributed by atoms with Crippen LogP contribution in [0.5, 0.6) is 0 Å². The molecule has 0 unspecified atom stereocenters. The Labute approximate surface area is 108 Å². The van der Waals surface area contributed by atoms with Crippen molar-refractivity contribution in [2.75, 3.05) is 0 Å². The van der Waals surface area contributed by atoms with E-state index < -0.39 is 0 Å². The van der Waals surface area contributed by atoms with Gasteiger partial charge in [-0.25, -0.2) is 0 Å². The van der Waals surface area contributed by atoms with Crippen LogP contribution in [0, 0.1) is 6.92 Å². The zero-order valence-corrected chi connectivity index (χ0v) is 11.7. The number of rotatable bonds is 3. The summed E-state index contributed by atoms with van der Waals surface area (Å²) in [6.07, 6.45) is 3.77. The topological polar surface area (TPSA) is 39.8 Å². The Morgan fingerprint density at radius 2 is 2.24 bits per heavy atom. The average molecular weight is 296 g/mol. The van der Waals surface area contributed by atoms with Gasteiger partial charge >= 0.3 is 0 Å². The molecule has 0 amide bonds. The first-order valence-corrected chi connectivity index (χ1v) is 6.13. The Morgan fingerprint density at radius 3 is 2.71 bits per heavy atom. The van der Waals surface area contributed by atoms with E-state index in [1.54, 1.807) is 6.92 Å². The van der Waals surface area contributed by atoms with Crippen LogP contribution in [0.4, 0.5) is 0 Å². The third-order valence-corrected chi connectivity index (χ3v) is 3.78. The van der Waals surface area contributed by atoms with E-state index in [4.69, 9.17) is 0 Å². The fourth-order valence-electron chi connectivity index (χ4n) is 1.77. The number of hydrogen-bond acceptors (Lipinski definition) is 2. The highest BCUT2D eigenvalue weighted by Crippen LogP contribution is 2.21. The van der Waals surface area contributed by atoms with Gasteiger partial charge in [0, 0.05) is 25.0 Å². The first kappa shape index (κ1) is 12.1. The van der Waals surface area contributed by atoms with Gasteiger partial charge in [-0.1, -0.05) is 0 Å². The Balaban J connectivity index is 2.28. The van der Waals surface area contributed by atoms with Crippen molar-refractivity contribution < 1.29 is 4.79 Å². The molecular weight excluding hydrogens is 282 g/mol. The van der Waals surface area contributed by atoms with Crippen LogP contribution in [0.25, 0.3) is 0 Å². The van der Waals surface area contributed by atoms with E-state index in [-0.39, 0.29) is 5.78 Å². The summed E-state index contributed by atoms with van der Waals surface area (Å²) < 4.78 is 4.86. The van der Waals surface area contributed by atoms with Gasteiger partial charge in [-0.05, 0) is 35.8 Å². The van der Waals surface area contributed by atoms with Crippen LogP contribution in [0.15, 0.2) is 22.9 Å². The summed E-state index contributed by atoms with van der Waals surface area (Å²) in [6.45, 7) is 4.24. The van der Waals surface area contributed by atoms with Crippen LogP contribution in [0.3, 0.4) is 0 Å². The number of carbonyl (C=O) groups excluding carboxylic acids is 1. The fourth-order valence-corrected chi connectivity index (χ4v) is 2.23. The van der Waals surface area contributed by atoms with Crippen LogP contribution >= 0.6 is 15.9 Å². The third kappa shape index (κ3) is 2.34. The molecule has 0 aliphatic carbocycles. The highest BCUT2D eigenvalue weighted by molar-refractivity contribution is 9.10. The zero-order chi connectivity index (χ0) is 12.6. The predicted molar refractivity (Wildman–Crippen MR) is 69.2 cm³/mol. The highest BCUT2D eigenvalue weighted by atomic mass is 79.9. The fraction of sp³-hybridized carbons (Fsp3) is 0.333. The minimum absolute atomic E-state index is 0.0870. The summed E-state index contributed by atoms with van der Waals surface area (Å²) in [5.41, 5.74) is 2.80. The molecule has 2 aromatic rings. The first-order chi connectivity index (χ1) is 7.99. The van der Waals surface area contributed by atoms with Crippen molar-refractivity contribution in [1.29, 1.82) is 0 Å². The number of Topliss-reactive ketones (excluding diaryl/α,β-unsaturated/α-hetero) is 1. The maximum Gasteiger partial charge on any atom is 0.161 e. The summed E-state index contributed by atoms with van der Waals surface area (Å²) >= 11 is 3.53. The molecule has 2 heterocycles. The average Bonchev–Trinajstić information content (AvgIpc) is 2.80. The lowest BCUT2D eigenvalue weighted by atomic mass is 10.2. The van der Waals surface area contributed by atoms with Crippen molar-refractivity contribution in [3.05, 3.63) is 39.9 Å². The van der Waals surface area contributed by atoms with Gasteiger partial charge in [0.2, 0.25) is 0 Å². The molecule has 2 rings (SSSR count). The first-order valence-electron chi connectivity index (χ1n) is 5.33. The van der Waals surface area contributed by atoms with Crippen molar-refractivity contribution >= 4 is 21.7 Å². The van der Waals surface area contributed by atoms with Crippen LogP contribution in [-0.2, 0) is 13.6 Å². The van der Waals surface area contributed by atoms with Crippen LogP contribution in [-0.4, -0.2) is 20.1 Å². The molecule has 5 heteroatoms. The van der Waals surface area contributed by atoms with Crippen molar-refractivity contribution in [3.8, 4) is 0 Å². The molecule has 0 aliphatic heterocycles. The molecule has 0 bridgehead atoms. The van der Waals surface area contributed by atoms with Crippen LogP contribution in [0.2, 0.25) is 0 Å². The molecule has 0 aliphatic rings. The van der Waals surface area contributed by atoms with Crippen molar-refractivity contribution in [3.63, 3.8) is 0 Å². The number of ketones is 1. The number of aryl methyl sites for hydroxylation is 2. The molecular formula is C12H14BrN3O. The van der Waals surface area contributed by atoms with Gasteiger partial charge in [-0.15, -0.1) is 0 Å². The SMILES string of the molecule is CC(=O)c1ccn(Cc2c(Br)c(C)nn2C)c1. The normalized spacial score (nSPS) is 10.8. The van der Waals surface area contributed by atoms with E-state index in [0.29, 0.717) is 6.54 Å². The number of carbonyl (C=O) groups is 1. The number of halogens is 1. The summed E-state index contributed by atoms with van der Waals surface area (Å²) in [5.74, 6) is 0.0870. The lowest BCUT2D eigenvalue weighted by molar-refractivity contribution is 0.101. The van der Waals surface area contributed by atoms with E-state index in [1.807, 2.05) is 41.7 Å². The molecule has 0 atom stereocenters. The molecule has 0 spiro atoms. The van der Waals surface area contributed by atoms with Gasteiger partial charge in [0.15, 0.2) is 5.78 Å². The predicted octanol–water partition coefficient (Wildman–Crippen LogP) is 2.54. The van der Waals surface area contributed by atoms with Crippen molar-refractivity contribution in [1.82, 2.24) is 14.3 Å². The van der Waals surface area contributed by atoms with Crippen molar-refractivity contribution in [2.24, 2.45) is 7.05 Å². The zero-order valence-electron chi connectivity index (χ0n) is 10.1. The second kappa shape index (κ2) is 4.49.